The van der Waals surface area contributed by atoms with Gasteiger partial charge in [-0.05, 0) is 26.7 Å². The van der Waals surface area contributed by atoms with Gasteiger partial charge in [-0.1, -0.05) is 12.8 Å². The number of rotatable bonds is 8. The Morgan fingerprint density at radius 3 is 2.83 bits per heavy atom. The minimum Gasteiger partial charge on any atom is -0.357 e. The third-order valence-corrected chi connectivity index (χ3v) is 4.84. The number of guanidine groups is 1. The molecule has 1 aliphatic rings. The molecule has 1 heterocycles. The van der Waals surface area contributed by atoms with E-state index in [0.29, 0.717) is 19.0 Å². The molecular formula is C17H29N5OS. The number of hydrogen-bond acceptors (Lipinski definition) is 4. The van der Waals surface area contributed by atoms with Gasteiger partial charge in [0.15, 0.2) is 5.96 Å². The van der Waals surface area contributed by atoms with Crippen molar-refractivity contribution in [2.75, 3.05) is 19.6 Å². The van der Waals surface area contributed by atoms with Crippen molar-refractivity contribution in [3.8, 4) is 0 Å². The van der Waals surface area contributed by atoms with Crippen LogP contribution in [0.1, 0.15) is 49.7 Å². The predicted molar refractivity (Wildman–Crippen MR) is 99.6 cm³/mol. The molecule has 0 bridgehead atoms. The van der Waals surface area contributed by atoms with Gasteiger partial charge in [-0.25, -0.2) is 4.98 Å². The van der Waals surface area contributed by atoms with E-state index >= 15 is 0 Å². The Balaban J connectivity index is 1.68. The Morgan fingerprint density at radius 2 is 2.17 bits per heavy atom. The van der Waals surface area contributed by atoms with Gasteiger partial charge in [-0.2, -0.15) is 0 Å². The second kappa shape index (κ2) is 10.3. The number of carbonyl (C=O) groups is 1. The quantitative estimate of drug-likeness (QED) is 0.494. The molecule has 0 atom stereocenters. The zero-order chi connectivity index (χ0) is 17.2. The van der Waals surface area contributed by atoms with Gasteiger partial charge in [0.05, 0.1) is 17.2 Å². The van der Waals surface area contributed by atoms with Crippen LogP contribution in [0.25, 0.3) is 0 Å². The number of carbonyl (C=O) groups excluding carboxylic acids is 1. The van der Waals surface area contributed by atoms with Crippen LogP contribution >= 0.6 is 11.3 Å². The first kappa shape index (κ1) is 18.7. The summed E-state index contributed by atoms with van der Waals surface area (Å²) in [5.74, 6) is 0.873. The van der Waals surface area contributed by atoms with Crippen LogP contribution in [0.3, 0.4) is 0 Å². The van der Waals surface area contributed by atoms with E-state index in [9.17, 15) is 4.79 Å². The van der Waals surface area contributed by atoms with E-state index in [-0.39, 0.29) is 5.91 Å². The molecule has 0 aromatic carbocycles. The molecule has 6 nitrogen and oxygen atoms in total. The Bertz CT molecular complexity index is 537. The first-order chi connectivity index (χ1) is 11.7. The van der Waals surface area contributed by atoms with E-state index in [1.807, 2.05) is 13.8 Å². The van der Waals surface area contributed by atoms with Crippen LogP contribution in [-0.2, 0) is 11.2 Å². The molecular weight excluding hydrogens is 322 g/mol. The van der Waals surface area contributed by atoms with Gasteiger partial charge in [-0.15, -0.1) is 11.3 Å². The molecule has 0 unspecified atom stereocenters. The van der Waals surface area contributed by atoms with Crippen LogP contribution in [0.15, 0.2) is 10.4 Å². The van der Waals surface area contributed by atoms with Crippen LogP contribution in [0.2, 0.25) is 0 Å². The zero-order valence-electron chi connectivity index (χ0n) is 14.7. The number of thiazole rings is 1. The molecule has 0 aliphatic heterocycles. The third-order valence-electron chi connectivity index (χ3n) is 4.01. The van der Waals surface area contributed by atoms with Gasteiger partial charge in [0.2, 0.25) is 5.91 Å². The normalized spacial score (nSPS) is 15.5. The molecule has 1 aromatic heterocycles. The first-order valence-electron chi connectivity index (χ1n) is 8.90. The highest BCUT2D eigenvalue weighted by molar-refractivity contribution is 7.09. The lowest BCUT2D eigenvalue weighted by Crippen LogP contribution is -2.39. The van der Waals surface area contributed by atoms with Crippen molar-refractivity contribution in [1.82, 2.24) is 20.9 Å². The van der Waals surface area contributed by atoms with E-state index in [1.165, 1.54) is 12.8 Å². The molecule has 1 fully saturated rings. The molecule has 134 valence electrons. The van der Waals surface area contributed by atoms with Crippen LogP contribution < -0.4 is 16.0 Å². The third kappa shape index (κ3) is 6.86. The molecule has 1 saturated carbocycles. The average Bonchev–Trinajstić information content (AvgIpc) is 3.19. The Hall–Kier alpha value is -1.63. The lowest BCUT2D eigenvalue weighted by atomic mass is 10.2. The lowest BCUT2D eigenvalue weighted by molar-refractivity contribution is -0.121. The maximum absolute atomic E-state index is 11.9. The van der Waals surface area contributed by atoms with Gasteiger partial charge in [0.1, 0.15) is 0 Å². The zero-order valence-corrected chi connectivity index (χ0v) is 15.5. The number of hydrogen-bond donors (Lipinski definition) is 3. The SMILES string of the molecule is CCNC(=NCCC(=O)NC1CCCC1)NCCc1csc(C)n1. The lowest BCUT2D eigenvalue weighted by Gasteiger charge is -2.12. The average molecular weight is 352 g/mol. The van der Waals surface area contributed by atoms with E-state index in [0.717, 1.165) is 49.0 Å². The monoisotopic (exact) mass is 351 g/mol. The van der Waals surface area contributed by atoms with E-state index in [1.54, 1.807) is 11.3 Å². The molecule has 3 N–H and O–H groups in total. The van der Waals surface area contributed by atoms with Crippen LogP contribution in [0, 0.1) is 6.92 Å². The van der Waals surface area contributed by atoms with Gasteiger partial charge in [0.25, 0.3) is 0 Å². The number of aromatic nitrogens is 1. The largest absolute Gasteiger partial charge is 0.357 e. The molecule has 0 spiro atoms. The molecule has 1 aromatic rings. The summed E-state index contributed by atoms with van der Waals surface area (Å²) in [4.78, 5) is 20.8. The number of nitrogens with one attached hydrogen (secondary N) is 3. The van der Waals surface area contributed by atoms with Crippen molar-refractivity contribution in [1.29, 1.82) is 0 Å². The van der Waals surface area contributed by atoms with Gasteiger partial charge < -0.3 is 16.0 Å². The first-order valence-corrected chi connectivity index (χ1v) is 9.78. The van der Waals surface area contributed by atoms with Crippen molar-refractivity contribution in [2.45, 2.75) is 58.4 Å². The summed E-state index contributed by atoms with van der Waals surface area (Å²) in [6.45, 7) is 6.14. The Labute approximate surface area is 148 Å². The summed E-state index contributed by atoms with van der Waals surface area (Å²) >= 11 is 1.67. The summed E-state index contributed by atoms with van der Waals surface area (Å²) < 4.78 is 0. The maximum atomic E-state index is 11.9. The number of amides is 1. The molecule has 0 saturated heterocycles. The minimum atomic E-state index is 0.111. The van der Waals surface area contributed by atoms with E-state index in [4.69, 9.17) is 0 Å². The van der Waals surface area contributed by atoms with Crippen LogP contribution in [0.5, 0.6) is 0 Å². The van der Waals surface area contributed by atoms with Gasteiger partial charge >= 0.3 is 0 Å². The molecule has 1 aliphatic carbocycles. The fourth-order valence-corrected chi connectivity index (χ4v) is 3.46. The summed E-state index contributed by atoms with van der Waals surface area (Å²) in [7, 11) is 0. The number of nitrogens with zero attached hydrogens (tertiary/aromatic N) is 2. The van der Waals surface area contributed by atoms with Gasteiger partial charge in [-0.3, -0.25) is 9.79 Å². The van der Waals surface area contributed by atoms with E-state index < -0.39 is 0 Å². The maximum Gasteiger partial charge on any atom is 0.222 e. The number of aryl methyl sites for hydroxylation is 1. The Kier molecular flexibility index (Phi) is 8.01. The summed E-state index contributed by atoms with van der Waals surface area (Å²) in [6.07, 6.45) is 6.02. The van der Waals surface area contributed by atoms with Crippen LogP contribution in [0.4, 0.5) is 0 Å². The Morgan fingerprint density at radius 1 is 1.38 bits per heavy atom. The van der Waals surface area contributed by atoms with E-state index in [2.05, 4.69) is 31.3 Å². The van der Waals surface area contributed by atoms with Crippen molar-refractivity contribution in [3.63, 3.8) is 0 Å². The fraction of sp³-hybridized carbons (Fsp3) is 0.706. The van der Waals surface area contributed by atoms with Crippen LogP contribution in [-0.4, -0.2) is 42.5 Å². The molecule has 0 radical (unpaired) electrons. The standard InChI is InChI=1S/C17H29N5OS/c1-3-18-17(19-10-8-15-12-24-13(2)21-15)20-11-9-16(23)22-14-6-4-5-7-14/h12,14H,3-11H2,1-2H3,(H,22,23)(H2,18,19,20). The highest BCUT2D eigenvalue weighted by Gasteiger charge is 2.16. The fourth-order valence-electron chi connectivity index (χ4n) is 2.81. The van der Waals surface area contributed by atoms with Crippen molar-refractivity contribution >= 4 is 23.2 Å². The van der Waals surface area contributed by atoms with Gasteiger partial charge in [0, 0.05) is 37.4 Å². The molecule has 1 amide bonds. The predicted octanol–water partition coefficient (Wildman–Crippen LogP) is 2.00. The summed E-state index contributed by atoms with van der Waals surface area (Å²) in [5, 5.41) is 12.8. The molecule has 2 rings (SSSR count). The van der Waals surface area contributed by atoms with Crippen molar-refractivity contribution < 1.29 is 4.79 Å². The smallest absolute Gasteiger partial charge is 0.222 e. The molecule has 7 heteroatoms. The molecule has 24 heavy (non-hydrogen) atoms. The second-order valence-corrected chi connectivity index (χ2v) is 7.16. The van der Waals surface area contributed by atoms with Crippen molar-refractivity contribution in [2.24, 2.45) is 4.99 Å². The van der Waals surface area contributed by atoms with Crippen molar-refractivity contribution in [3.05, 3.63) is 16.1 Å². The number of aliphatic imine (C=N–C) groups is 1. The highest BCUT2D eigenvalue weighted by Crippen LogP contribution is 2.17. The second-order valence-electron chi connectivity index (χ2n) is 6.09. The summed E-state index contributed by atoms with van der Waals surface area (Å²) in [5.41, 5.74) is 1.11. The summed E-state index contributed by atoms with van der Waals surface area (Å²) in [6, 6.07) is 0.384. The topological polar surface area (TPSA) is 78.4 Å². The highest BCUT2D eigenvalue weighted by atomic mass is 32.1. The minimum absolute atomic E-state index is 0.111.